The molecule has 0 amide bonds. The van der Waals surface area contributed by atoms with E-state index in [9.17, 15) is 0 Å². The van der Waals surface area contributed by atoms with Crippen LogP contribution in [0.15, 0.2) is 18.3 Å². The van der Waals surface area contributed by atoms with Crippen LogP contribution in [-0.4, -0.2) is 16.1 Å². The molecule has 3 heteroatoms. The maximum Gasteiger partial charge on any atom is 0.290 e. The van der Waals surface area contributed by atoms with Crippen molar-refractivity contribution in [1.82, 2.24) is 4.57 Å². The van der Waals surface area contributed by atoms with Crippen molar-refractivity contribution in [3.8, 4) is 0 Å². The molecule has 1 aromatic heterocycles. The van der Waals surface area contributed by atoms with Crippen molar-refractivity contribution < 1.29 is 9.90 Å². The van der Waals surface area contributed by atoms with Crippen molar-refractivity contribution in [3.63, 3.8) is 0 Å². The van der Waals surface area contributed by atoms with E-state index in [1.165, 1.54) is 5.69 Å². The normalized spacial score (nSPS) is 7.80. The number of hydrogen-bond donors (Lipinski definition) is 1. The minimum atomic E-state index is -0.250. The summed E-state index contributed by atoms with van der Waals surface area (Å²) in [4.78, 5) is 8.36. The van der Waals surface area contributed by atoms with Gasteiger partial charge in [0.2, 0.25) is 0 Å². The molecular formula is C7H11NO2. The number of nitrogens with zero attached hydrogens (tertiary/aromatic N) is 1. The molecule has 0 unspecified atom stereocenters. The molecule has 56 valence electrons. The van der Waals surface area contributed by atoms with Crippen molar-refractivity contribution >= 4 is 6.47 Å². The summed E-state index contributed by atoms with van der Waals surface area (Å²) in [6, 6.07) is 4.12. The van der Waals surface area contributed by atoms with Gasteiger partial charge in [0, 0.05) is 18.9 Å². The molecule has 0 atom stereocenters. The van der Waals surface area contributed by atoms with E-state index in [0.29, 0.717) is 0 Å². The lowest BCUT2D eigenvalue weighted by molar-refractivity contribution is -0.122. The Morgan fingerprint density at radius 3 is 2.30 bits per heavy atom. The van der Waals surface area contributed by atoms with E-state index in [2.05, 4.69) is 17.6 Å². The quantitative estimate of drug-likeness (QED) is 0.548. The van der Waals surface area contributed by atoms with Gasteiger partial charge in [-0.05, 0) is 19.1 Å². The van der Waals surface area contributed by atoms with Crippen LogP contribution in [0.2, 0.25) is 0 Å². The van der Waals surface area contributed by atoms with Gasteiger partial charge >= 0.3 is 0 Å². The molecule has 10 heavy (non-hydrogen) atoms. The Balaban J connectivity index is 0.000000236. The molecule has 0 aliphatic heterocycles. The van der Waals surface area contributed by atoms with Gasteiger partial charge in [0.25, 0.3) is 6.47 Å². The lowest BCUT2D eigenvalue weighted by Gasteiger charge is -1.89. The van der Waals surface area contributed by atoms with Gasteiger partial charge < -0.3 is 9.67 Å². The lowest BCUT2D eigenvalue weighted by Crippen LogP contribution is -1.84. The summed E-state index contributed by atoms with van der Waals surface area (Å²) in [5, 5.41) is 6.89. The Labute approximate surface area is 59.9 Å². The van der Waals surface area contributed by atoms with E-state index in [0.717, 1.165) is 0 Å². The molecule has 1 heterocycles. The molecule has 0 saturated heterocycles. The van der Waals surface area contributed by atoms with Crippen molar-refractivity contribution in [2.75, 3.05) is 0 Å². The van der Waals surface area contributed by atoms with Crippen molar-refractivity contribution in [3.05, 3.63) is 24.0 Å². The molecule has 0 aromatic carbocycles. The SMILES string of the molecule is Cc1cccn1C.O=CO. The van der Waals surface area contributed by atoms with E-state index in [4.69, 9.17) is 9.90 Å². The summed E-state index contributed by atoms with van der Waals surface area (Å²) < 4.78 is 2.08. The molecule has 1 N–H and O–H groups in total. The van der Waals surface area contributed by atoms with Gasteiger partial charge in [-0.15, -0.1) is 0 Å². The van der Waals surface area contributed by atoms with E-state index < -0.39 is 0 Å². The smallest absolute Gasteiger partial charge is 0.290 e. The fourth-order valence-electron chi connectivity index (χ4n) is 0.547. The topological polar surface area (TPSA) is 42.2 Å². The van der Waals surface area contributed by atoms with Crippen LogP contribution < -0.4 is 0 Å². The first-order valence-corrected chi connectivity index (χ1v) is 2.88. The monoisotopic (exact) mass is 141 g/mol. The number of rotatable bonds is 0. The molecule has 1 aromatic rings. The van der Waals surface area contributed by atoms with Crippen LogP contribution in [0.5, 0.6) is 0 Å². The summed E-state index contributed by atoms with van der Waals surface area (Å²) in [5.74, 6) is 0. The Morgan fingerprint density at radius 1 is 1.70 bits per heavy atom. The van der Waals surface area contributed by atoms with Crippen LogP contribution in [0.3, 0.4) is 0 Å². The van der Waals surface area contributed by atoms with Gasteiger partial charge in [-0.3, -0.25) is 4.79 Å². The molecule has 0 bridgehead atoms. The van der Waals surface area contributed by atoms with Crippen LogP contribution in [0.4, 0.5) is 0 Å². The van der Waals surface area contributed by atoms with Crippen molar-refractivity contribution in [1.29, 1.82) is 0 Å². The fourth-order valence-corrected chi connectivity index (χ4v) is 0.547. The lowest BCUT2D eigenvalue weighted by atomic mass is 10.5. The standard InChI is InChI=1S/C6H9N.CH2O2/c1-6-4-3-5-7(6)2;2-1-3/h3-5H,1-2H3;1H,(H,2,3). The van der Waals surface area contributed by atoms with Gasteiger partial charge in [0.05, 0.1) is 0 Å². The largest absolute Gasteiger partial charge is 0.483 e. The summed E-state index contributed by atoms with van der Waals surface area (Å²) in [7, 11) is 2.04. The Hall–Kier alpha value is -1.25. The Bertz CT molecular complexity index is 177. The summed E-state index contributed by atoms with van der Waals surface area (Å²) in [6.45, 7) is 1.83. The highest BCUT2D eigenvalue weighted by molar-refractivity contribution is 5.32. The van der Waals surface area contributed by atoms with Crippen LogP contribution in [0, 0.1) is 6.92 Å². The average Bonchev–Trinajstić information content (AvgIpc) is 2.19. The average molecular weight is 141 g/mol. The first-order chi connectivity index (χ1) is 4.72. The molecule has 0 saturated carbocycles. The predicted molar refractivity (Wildman–Crippen MR) is 38.8 cm³/mol. The van der Waals surface area contributed by atoms with E-state index in [-0.39, 0.29) is 6.47 Å². The van der Waals surface area contributed by atoms with Gasteiger partial charge in [-0.1, -0.05) is 0 Å². The second-order valence-electron chi connectivity index (χ2n) is 1.87. The maximum atomic E-state index is 8.36. The summed E-state index contributed by atoms with van der Waals surface area (Å²) >= 11 is 0. The van der Waals surface area contributed by atoms with E-state index >= 15 is 0 Å². The highest BCUT2D eigenvalue weighted by Gasteiger charge is 1.81. The molecule has 3 nitrogen and oxygen atoms in total. The second kappa shape index (κ2) is 4.61. The first kappa shape index (κ1) is 8.75. The zero-order valence-electron chi connectivity index (χ0n) is 6.11. The van der Waals surface area contributed by atoms with Crippen LogP contribution in [-0.2, 0) is 11.8 Å². The third kappa shape index (κ3) is 2.91. The molecule has 1 rings (SSSR count). The number of aromatic nitrogens is 1. The fraction of sp³-hybridized carbons (Fsp3) is 0.286. The Kier molecular flexibility index (Phi) is 4.04. The van der Waals surface area contributed by atoms with Crippen LogP contribution >= 0.6 is 0 Å². The molecule has 0 aliphatic carbocycles. The number of carbonyl (C=O) groups is 1. The van der Waals surface area contributed by atoms with Gasteiger partial charge in [-0.2, -0.15) is 0 Å². The van der Waals surface area contributed by atoms with E-state index in [1.807, 2.05) is 19.3 Å². The van der Waals surface area contributed by atoms with Crippen LogP contribution in [0.25, 0.3) is 0 Å². The molecule has 0 aliphatic rings. The number of hydrogen-bond acceptors (Lipinski definition) is 1. The Morgan fingerprint density at radius 2 is 2.20 bits per heavy atom. The van der Waals surface area contributed by atoms with Crippen LogP contribution in [0.1, 0.15) is 5.69 Å². The van der Waals surface area contributed by atoms with Gasteiger partial charge in [0.1, 0.15) is 0 Å². The highest BCUT2D eigenvalue weighted by Crippen LogP contribution is 1.93. The third-order valence-electron chi connectivity index (χ3n) is 1.20. The minimum absolute atomic E-state index is 0.250. The maximum absolute atomic E-state index is 8.36. The van der Waals surface area contributed by atoms with Crippen molar-refractivity contribution in [2.45, 2.75) is 6.92 Å². The van der Waals surface area contributed by atoms with E-state index in [1.54, 1.807) is 0 Å². The molecule has 0 fully saturated rings. The molecule has 0 spiro atoms. The highest BCUT2D eigenvalue weighted by atomic mass is 16.3. The van der Waals surface area contributed by atoms with Crippen molar-refractivity contribution in [2.24, 2.45) is 7.05 Å². The van der Waals surface area contributed by atoms with Gasteiger partial charge in [0.15, 0.2) is 0 Å². The number of carboxylic acid groups (broad SMARTS) is 1. The zero-order chi connectivity index (χ0) is 7.98. The first-order valence-electron chi connectivity index (χ1n) is 2.88. The second-order valence-corrected chi connectivity index (χ2v) is 1.87. The third-order valence-corrected chi connectivity index (χ3v) is 1.20. The summed E-state index contributed by atoms with van der Waals surface area (Å²) in [5.41, 5.74) is 1.31. The molecular weight excluding hydrogens is 130 g/mol. The number of aryl methyl sites for hydroxylation is 2. The predicted octanol–water partition coefficient (Wildman–Crippen LogP) is 1.03. The zero-order valence-corrected chi connectivity index (χ0v) is 6.11. The minimum Gasteiger partial charge on any atom is -0.483 e. The summed E-state index contributed by atoms with van der Waals surface area (Å²) in [6.07, 6.45) is 2.04. The van der Waals surface area contributed by atoms with Gasteiger partial charge in [-0.25, -0.2) is 0 Å². The molecule has 0 radical (unpaired) electrons.